The molecule has 1 aliphatic carbocycles. The van der Waals surface area contributed by atoms with Gasteiger partial charge in [-0.1, -0.05) is 15.9 Å². The van der Waals surface area contributed by atoms with Crippen molar-refractivity contribution in [3.05, 3.63) is 0 Å². The molecule has 0 amide bonds. The number of likely N-dealkylation sites (N-methyl/N-ethyl adjacent to an activating group) is 1. The van der Waals surface area contributed by atoms with Gasteiger partial charge in [-0.2, -0.15) is 0 Å². The smallest absolute Gasteiger partial charge is 0.323 e. The number of halogens is 1. The van der Waals surface area contributed by atoms with E-state index >= 15 is 0 Å². The molecule has 0 aliphatic heterocycles. The quantitative estimate of drug-likeness (QED) is 0.598. The van der Waals surface area contributed by atoms with E-state index in [1.54, 1.807) is 0 Å². The van der Waals surface area contributed by atoms with E-state index in [-0.39, 0.29) is 18.1 Å². The fourth-order valence-electron chi connectivity index (χ4n) is 1.91. The Morgan fingerprint density at radius 2 is 2.20 bits per heavy atom. The van der Waals surface area contributed by atoms with Crippen LogP contribution in [0.4, 0.5) is 0 Å². The van der Waals surface area contributed by atoms with E-state index in [0.29, 0.717) is 0 Å². The largest absolute Gasteiger partial charge is 0.461 e. The van der Waals surface area contributed by atoms with Crippen molar-refractivity contribution in [1.82, 2.24) is 5.32 Å². The zero-order valence-corrected chi connectivity index (χ0v) is 10.9. The Morgan fingerprint density at radius 1 is 1.53 bits per heavy atom. The zero-order valence-electron chi connectivity index (χ0n) is 9.30. The number of nitrogens with one attached hydrogen (secondary N) is 1. The molecule has 1 rings (SSSR count). The average Bonchev–Trinajstić information content (AvgIpc) is 2.71. The summed E-state index contributed by atoms with van der Waals surface area (Å²) in [5.41, 5.74) is 0. The Morgan fingerprint density at radius 3 is 2.73 bits per heavy atom. The summed E-state index contributed by atoms with van der Waals surface area (Å²) in [5.74, 6) is -0.0784. The van der Waals surface area contributed by atoms with Gasteiger partial charge >= 0.3 is 5.97 Å². The van der Waals surface area contributed by atoms with Crippen molar-refractivity contribution in [2.75, 3.05) is 12.4 Å². The van der Waals surface area contributed by atoms with Gasteiger partial charge in [0.05, 0.1) is 0 Å². The van der Waals surface area contributed by atoms with Crippen molar-refractivity contribution < 1.29 is 9.53 Å². The minimum atomic E-state index is -0.136. The first-order valence-corrected chi connectivity index (χ1v) is 6.83. The summed E-state index contributed by atoms with van der Waals surface area (Å²) in [5, 5.41) is 3.95. The summed E-state index contributed by atoms with van der Waals surface area (Å²) < 4.78 is 5.44. The molecule has 1 atom stereocenters. The topological polar surface area (TPSA) is 38.3 Å². The standard InChI is InChI=1S/C11H20BrNO2/c1-13-10(7-4-8-12)11(14)15-9-5-2-3-6-9/h9-10,13H,2-8H2,1H3/t10-/m1/s1. The van der Waals surface area contributed by atoms with Crippen molar-refractivity contribution in [2.24, 2.45) is 0 Å². The van der Waals surface area contributed by atoms with Gasteiger partial charge in [-0.15, -0.1) is 0 Å². The lowest BCUT2D eigenvalue weighted by molar-refractivity contribution is -0.151. The molecule has 1 aliphatic rings. The van der Waals surface area contributed by atoms with Crippen LogP contribution in [0.2, 0.25) is 0 Å². The summed E-state index contributed by atoms with van der Waals surface area (Å²) in [4.78, 5) is 11.7. The number of rotatable bonds is 6. The van der Waals surface area contributed by atoms with E-state index in [9.17, 15) is 4.79 Å². The number of ether oxygens (including phenoxy) is 1. The second-order valence-electron chi connectivity index (χ2n) is 4.02. The second-order valence-corrected chi connectivity index (χ2v) is 4.81. The molecule has 88 valence electrons. The van der Waals surface area contributed by atoms with Crippen LogP contribution in [0.15, 0.2) is 0 Å². The molecule has 3 nitrogen and oxygen atoms in total. The van der Waals surface area contributed by atoms with Gasteiger partial charge in [-0.3, -0.25) is 4.79 Å². The lowest BCUT2D eigenvalue weighted by Gasteiger charge is -2.18. The molecular formula is C11H20BrNO2. The van der Waals surface area contributed by atoms with Gasteiger partial charge in [0, 0.05) is 5.33 Å². The minimum absolute atomic E-state index is 0.0784. The van der Waals surface area contributed by atoms with Gasteiger partial charge in [-0.05, 0) is 45.6 Å². The Labute approximate surface area is 100 Å². The SMILES string of the molecule is CN[C@H](CCCBr)C(=O)OC1CCCC1. The fraction of sp³-hybridized carbons (Fsp3) is 0.909. The van der Waals surface area contributed by atoms with Crippen LogP contribution in [0.25, 0.3) is 0 Å². The lowest BCUT2D eigenvalue weighted by atomic mass is 10.2. The number of carbonyl (C=O) groups is 1. The number of hydrogen-bond acceptors (Lipinski definition) is 3. The predicted octanol–water partition coefficient (Wildman–Crippen LogP) is 2.24. The van der Waals surface area contributed by atoms with Crippen LogP contribution in [0, 0.1) is 0 Å². The number of carbonyl (C=O) groups excluding carboxylic acids is 1. The molecule has 4 heteroatoms. The second kappa shape index (κ2) is 7.23. The van der Waals surface area contributed by atoms with Crippen molar-refractivity contribution >= 4 is 21.9 Å². The van der Waals surface area contributed by atoms with Gasteiger partial charge in [0.2, 0.25) is 0 Å². The van der Waals surface area contributed by atoms with Crippen LogP contribution < -0.4 is 5.32 Å². The first-order valence-electron chi connectivity index (χ1n) is 5.71. The van der Waals surface area contributed by atoms with Crippen LogP contribution in [-0.4, -0.2) is 30.5 Å². The molecule has 0 aromatic rings. The van der Waals surface area contributed by atoms with Crippen LogP contribution in [0.5, 0.6) is 0 Å². The number of esters is 1. The Bertz CT molecular complexity index is 193. The fourth-order valence-corrected chi connectivity index (χ4v) is 2.24. The van der Waals surface area contributed by atoms with Crippen LogP contribution in [-0.2, 0) is 9.53 Å². The highest BCUT2D eigenvalue weighted by Gasteiger charge is 2.23. The molecule has 0 radical (unpaired) electrons. The Balaban J connectivity index is 2.28. The maximum atomic E-state index is 11.7. The molecular weight excluding hydrogens is 258 g/mol. The Kier molecular flexibility index (Phi) is 6.25. The summed E-state index contributed by atoms with van der Waals surface area (Å²) in [6, 6.07) is -0.136. The summed E-state index contributed by atoms with van der Waals surface area (Å²) in [6.07, 6.45) is 6.49. The first-order chi connectivity index (χ1) is 7.27. The third-order valence-corrected chi connectivity index (χ3v) is 3.41. The minimum Gasteiger partial charge on any atom is -0.461 e. The van der Waals surface area contributed by atoms with Crippen molar-refractivity contribution in [1.29, 1.82) is 0 Å². The molecule has 15 heavy (non-hydrogen) atoms. The molecule has 0 spiro atoms. The van der Waals surface area contributed by atoms with Gasteiger partial charge in [0.15, 0.2) is 0 Å². The predicted molar refractivity (Wildman–Crippen MR) is 64.2 cm³/mol. The van der Waals surface area contributed by atoms with Crippen LogP contribution >= 0.6 is 15.9 Å². The van der Waals surface area contributed by atoms with Gasteiger partial charge in [0.25, 0.3) is 0 Å². The maximum Gasteiger partial charge on any atom is 0.323 e. The zero-order chi connectivity index (χ0) is 11.1. The normalized spacial score (nSPS) is 19.1. The number of hydrogen-bond donors (Lipinski definition) is 1. The summed E-state index contributed by atoms with van der Waals surface area (Å²) >= 11 is 3.36. The maximum absolute atomic E-state index is 11.7. The van der Waals surface area contributed by atoms with Crippen molar-refractivity contribution in [2.45, 2.75) is 50.7 Å². The van der Waals surface area contributed by atoms with Gasteiger partial charge in [-0.25, -0.2) is 0 Å². The molecule has 0 heterocycles. The van der Waals surface area contributed by atoms with E-state index in [1.165, 1.54) is 12.8 Å². The molecule has 0 aromatic heterocycles. The van der Waals surface area contributed by atoms with Crippen molar-refractivity contribution in [3.63, 3.8) is 0 Å². The molecule has 0 unspecified atom stereocenters. The Hall–Kier alpha value is -0.0900. The van der Waals surface area contributed by atoms with E-state index in [0.717, 1.165) is 31.0 Å². The molecule has 1 N–H and O–H groups in total. The third kappa shape index (κ3) is 4.51. The lowest BCUT2D eigenvalue weighted by Crippen LogP contribution is -2.37. The molecule has 0 bridgehead atoms. The molecule has 1 saturated carbocycles. The van der Waals surface area contributed by atoms with E-state index in [1.807, 2.05) is 7.05 Å². The monoisotopic (exact) mass is 277 g/mol. The summed E-state index contributed by atoms with van der Waals surface area (Å²) in [7, 11) is 1.81. The third-order valence-electron chi connectivity index (χ3n) is 2.84. The highest BCUT2D eigenvalue weighted by atomic mass is 79.9. The number of alkyl halides is 1. The van der Waals surface area contributed by atoms with Crippen molar-refractivity contribution in [3.8, 4) is 0 Å². The molecule has 0 saturated heterocycles. The molecule has 0 aromatic carbocycles. The van der Waals surface area contributed by atoms with E-state index < -0.39 is 0 Å². The van der Waals surface area contributed by atoms with Crippen LogP contribution in [0.1, 0.15) is 38.5 Å². The molecule has 1 fully saturated rings. The van der Waals surface area contributed by atoms with Gasteiger partial charge in [0.1, 0.15) is 12.1 Å². The highest BCUT2D eigenvalue weighted by molar-refractivity contribution is 9.09. The van der Waals surface area contributed by atoms with E-state index in [2.05, 4.69) is 21.2 Å². The summed E-state index contributed by atoms with van der Waals surface area (Å²) in [6.45, 7) is 0. The van der Waals surface area contributed by atoms with E-state index in [4.69, 9.17) is 4.74 Å². The van der Waals surface area contributed by atoms with Crippen LogP contribution in [0.3, 0.4) is 0 Å². The highest BCUT2D eigenvalue weighted by Crippen LogP contribution is 2.21. The average molecular weight is 278 g/mol. The first kappa shape index (κ1) is 13.0. The van der Waals surface area contributed by atoms with Gasteiger partial charge < -0.3 is 10.1 Å².